The minimum absolute atomic E-state index is 0.0514. The van der Waals surface area contributed by atoms with Crippen LogP contribution in [-0.4, -0.2) is 10.8 Å². The SMILES string of the molecule is CCc1ccc(C)nc1C(C)=O. The lowest BCUT2D eigenvalue weighted by atomic mass is 10.1. The van der Waals surface area contributed by atoms with Gasteiger partial charge >= 0.3 is 0 Å². The monoisotopic (exact) mass is 163 g/mol. The number of pyridine rings is 1. The molecule has 12 heavy (non-hydrogen) atoms. The number of aromatic nitrogens is 1. The van der Waals surface area contributed by atoms with E-state index >= 15 is 0 Å². The molecule has 2 nitrogen and oxygen atoms in total. The van der Waals surface area contributed by atoms with Crippen LogP contribution in [0.4, 0.5) is 0 Å². The van der Waals surface area contributed by atoms with Gasteiger partial charge in [0.25, 0.3) is 0 Å². The number of aryl methyl sites for hydroxylation is 2. The largest absolute Gasteiger partial charge is 0.293 e. The Kier molecular flexibility index (Phi) is 2.58. The molecule has 0 saturated heterocycles. The number of carbonyl (C=O) groups is 1. The molecule has 1 aromatic heterocycles. The zero-order valence-electron chi connectivity index (χ0n) is 7.72. The number of ketones is 1. The van der Waals surface area contributed by atoms with Gasteiger partial charge in [0.2, 0.25) is 0 Å². The average molecular weight is 163 g/mol. The zero-order valence-corrected chi connectivity index (χ0v) is 7.72. The van der Waals surface area contributed by atoms with Crippen LogP contribution in [0.2, 0.25) is 0 Å². The van der Waals surface area contributed by atoms with Gasteiger partial charge < -0.3 is 0 Å². The number of hydrogen-bond acceptors (Lipinski definition) is 2. The van der Waals surface area contributed by atoms with Crippen molar-refractivity contribution in [2.45, 2.75) is 27.2 Å². The Morgan fingerprint density at radius 2 is 2.17 bits per heavy atom. The molecule has 1 rings (SSSR count). The van der Waals surface area contributed by atoms with Gasteiger partial charge in [-0.1, -0.05) is 13.0 Å². The molecule has 0 fully saturated rings. The molecule has 0 bridgehead atoms. The van der Waals surface area contributed by atoms with Crippen molar-refractivity contribution in [1.82, 2.24) is 4.98 Å². The minimum atomic E-state index is 0.0514. The highest BCUT2D eigenvalue weighted by Crippen LogP contribution is 2.08. The van der Waals surface area contributed by atoms with E-state index in [1.807, 2.05) is 26.0 Å². The van der Waals surface area contributed by atoms with E-state index in [1.165, 1.54) is 0 Å². The lowest BCUT2D eigenvalue weighted by molar-refractivity contribution is 0.101. The van der Waals surface area contributed by atoms with E-state index in [4.69, 9.17) is 0 Å². The molecule has 0 atom stereocenters. The van der Waals surface area contributed by atoms with E-state index in [0.29, 0.717) is 5.69 Å². The van der Waals surface area contributed by atoms with Gasteiger partial charge in [0.05, 0.1) is 0 Å². The van der Waals surface area contributed by atoms with Crippen molar-refractivity contribution in [2.75, 3.05) is 0 Å². The Labute approximate surface area is 72.6 Å². The number of hydrogen-bond donors (Lipinski definition) is 0. The molecular weight excluding hydrogens is 150 g/mol. The standard InChI is InChI=1S/C10H13NO/c1-4-9-6-5-7(2)11-10(9)8(3)12/h5-6H,4H2,1-3H3. The summed E-state index contributed by atoms with van der Waals surface area (Å²) in [5.41, 5.74) is 2.56. The fourth-order valence-corrected chi connectivity index (χ4v) is 1.18. The summed E-state index contributed by atoms with van der Waals surface area (Å²) in [6.45, 7) is 5.48. The molecule has 1 aromatic rings. The van der Waals surface area contributed by atoms with Gasteiger partial charge in [0.15, 0.2) is 5.78 Å². The van der Waals surface area contributed by atoms with Gasteiger partial charge in [0, 0.05) is 12.6 Å². The molecular formula is C10H13NO. The molecule has 1 heterocycles. The lowest BCUT2D eigenvalue weighted by Crippen LogP contribution is -2.03. The molecule has 0 radical (unpaired) electrons. The fourth-order valence-electron chi connectivity index (χ4n) is 1.18. The van der Waals surface area contributed by atoms with Crippen LogP contribution in [0.15, 0.2) is 12.1 Å². The predicted octanol–water partition coefficient (Wildman–Crippen LogP) is 2.16. The molecule has 0 saturated carbocycles. The molecule has 0 aliphatic heterocycles. The first-order valence-corrected chi connectivity index (χ1v) is 4.12. The third kappa shape index (κ3) is 1.70. The summed E-state index contributed by atoms with van der Waals surface area (Å²) in [6, 6.07) is 3.91. The number of Topliss-reactive ketones (excluding diaryl/α,β-unsaturated/α-hetero) is 1. The quantitative estimate of drug-likeness (QED) is 0.625. The van der Waals surface area contributed by atoms with Gasteiger partial charge in [-0.05, 0) is 25.0 Å². The number of carbonyl (C=O) groups excluding carboxylic acids is 1. The maximum atomic E-state index is 11.1. The van der Waals surface area contributed by atoms with E-state index in [9.17, 15) is 4.79 Å². The van der Waals surface area contributed by atoms with Crippen molar-refractivity contribution in [3.05, 3.63) is 29.1 Å². The van der Waals surface area contributed by atoms with Crippen LogP contribution < -0.4 is 0 Å². The van der Waals surface area contributed by atoms with Crippen molar-refractivity contribution in [3.8, 4) is 0 Å². The van der Waals surface area contributed by atoms with Crippen LogP contribution in [0, 0.1) is 6.92 Å². The summed E-state index contributed by atoms with van der Waals surface area (Å²) < 4.78 is 0. The van der Waals surface area contributed by atoms with Gasteiger partial charge in [-0.3, -0.25) is 4.79 Å². The first-order chi connectivity index (χ1) is 5.65. The minimum Gasteiger partial charge on any atom is -0.293 e. The van der Waals surface area contributed by atoms with Crippen LogP contribution in [-0.2, 0) is 6.42 Å². The van der Waals surface area contributed by atoms with Crippen LogP contribution in [0.5, 0.6) is 0 Å². The van der Waals surface area contributed by atoms with Crippen LogP contribution in [0.25, 0.3) is 0 Å². The second-order valence-electron chi connectivity index (χ2n) is 2.87. The Morgan fingerprint density at radius 1 is 1.50 bits per heavy atom. The molecule has 0 amide bonds. The second-order valence-corrected chi connectivity index (χ2v) is 2.87. The highest BCUT2D eigenvalue weighted by atomic mass is 16.1. The van der Waals surface area contributed by atoms with Crippen molar-refractivity contribution in [1.29, 1.82) is 0 Å². The summed E-state index contributed by atoms with van der Waals surface area (Å²) in [4.78, 5) is 15.3. The van der Waals surface area contributed by atoms with Gasteiger partial charge in [0.1, 0.15) is 5.69 Å². The molecule has 0 N–H and O–H groups in total. The molecule has 0 unspecified atom stereocenters. The molecule has 2 heteroatoms. The van der Waals surface area contributed by atoms with E-state index in [-0.39, 0.29) is 5.78 Å². The Bertz CT molecular complexity index is 305. The summed E-state index contributed by atoms with van der Waals surface area (Å²) in [6.07, 6.45) is 0.863. The maximum absolute atomic E-state index is 11.1. The first kappa shape index (κ1) is 8.91. The normalized spacial score (nSPS) is 9.92. The van der Waals surface area contributed by atoms with E-state index in [2.05, 4.69) is 4.98 Å². The van der Waals surface area contributed by atoms with Gasteiger partial charge in [-0.2, -0.15) is 0 Å². The predicted molar refractivity (Wildman–Crippen MR) is 48.4 cm³/mol. The molecule has 0 aromatic carbocycles. The van der Waals surface area contributed by atoms with E-state index in [0.717, 1.165) is 17.7 Å². The smallest absolute Gasteiger partial charge is 0.178 e. The van der Waals surface area contributed by atoms with Gasteiger partial charge in [-0.25, -0.2) is 4.98 Å². The lowest BCUT2D eigenvalue weighted by Gasteiger charge is -2.03. The average Bonchev–Trinajstić information content (AvgIpc) is 2.04. The van der Waals surface area contributed by atoms with Crippen LogP contribution >= 0.6 is 0 Å². The van der Waals surface area contributed by atoms with Crippen molar-refractivity contribution in [3.63, 3.8) is 0 Å². The molecule has 64 valence electrons. The highest BCUT2D eigenvalue weighted by Gasteiger charge is 2.06. The summed E-state index contributed by atoms with van der Waals surface area (Å²) in [7, 11) is 0. The Hall–Kier alpha value is -1.18. The number of rotatable bonds is 2. The van der Waals surface area contributed by atoms with Crippen molar-refractivity contribution < 1.29 is 4.79 Å². The zero-order chi connectivity index (χ0) is 9.14. The van der Waals surface area contributed by atoms with E-state index < -0.39 is 0 Å². The molecule has 0 spiro atoms. The third-order valence-corrected chi connectivity index (χ3v) is 1.83. The second kappa shape index (κ2) is 3.48. The van der Waals surface area contributed by atoms with E-state index in [1.54, 1.807) is 6.92 Å². The summed E-state index contributed by atoms with van der Waals surface area (Å²) >= 11 is 0. The van der Waals surface area contributed by atoms with Crippen LogP contribution in [0.3, 0.4) is 0 Å². The third-order valence-electron chi connectivity index (χ3n) is 1.83. The number of nitrogens with zero attached hydrogens (tertiary/aromatic N) is 1. The van der Waals surface area contributed by atoms with Crippen molar-refractivity contribution in [2.24, 2.45) is 0 Å². The maximum Gasteiger partial charge on any atom is 0.178 e. The summed E-state index contributed by atoms with van der Waals surface area (Å²) in [5, 5.41) is 0. The topological polar surface area (TPSA) is 30.0 Å². The van der Waals surface area contributed by atoms with Gasteiger partial charge in [-0.15, -0.1) is 0 Å². The van der Waals surface area contributed by atoms with Crippen LogP contribution in [0.1, 0.15) is 35.6 Å². The molecule has 0 aliphatic rings. The Balaban J connectivity index is 3.21. The first-order valence-electron chi connectivity index (χ1n) is 4.12. The summed E-state index contributed by atoms with van der Waals surface area (Å²) in [5.74, 6) is 0.0514. The highest BCUT2D eigenvalue weighted by molar-refractivity contribution is 5.93. The van der Waals surface area contributed by atoms with Crippen molar-refractivity contribution >= 4 is 5.78 Å². The fraction of sp³-hybridized carbons (Fsp3) is 0.400. The molecule has 0 aliphatic carbocycles. The Morgan fingerprint density at radius 3 is 2.67 bits per heavy atom.